The van der Waals surface area contributed by atoms with Crippen LogP contribution >= 0.6 is 0 Å². The van der Waals surface area contributed by atoms with E-state index in [1.54, 1.807) is 4.68 Å². The molecule has 0 saturated carbocycles. The zero-order chi connectivity index (χ0) is 11.6. The van der Waals surface area contributed by atoms with Crippen LogP contribution in [0.25, 0.3) is 0 Å². The molecular formula is C11H21N3O. The average molecular weight is 211 g/mol. The zero-order valence-corrected chi connectivity index (χ0v) is 10.2. The summed E-state index contributed by atoms with van der Waals surface area (Å²) in [6, 6.07) is 0. The van der Waals surface area contributed by atoms with Crippen molar-refractivity contribution in [1.29, 1.82) is 0 Å². The quantitative estimate of drug-likeness (QED) is 0.828. The molecule has 0 bridgehead atoms. The predicted molar refractivity (Wildman–Crippen MR) is 61.9 cm³/mol. The summed E-state index contributed by atoms with van der Waals surface area (Å²) in [7, 11) is 1.86. The molecule has 2 N–H and O–H groups in total. The maximum absolute atomic E-state index is 5.95. The molecule has 0 amide bonds. The summed E-state index contributed by atoms with van der Waals surface area (Å²) in [5.41, 5.74) is 7.53. The number of nitrogens with two attached hydrogens (primary N) is 1. The normalized spacial score (nSPS) is 13.2. The summed E-state index contributed by atoms with van der Waals surface area (Å²) in [6.45, 7) is 8.33. The first kappa shape index (κ1) is 11.9. The molecule has 0 radical (unpaired) electrons. The van der Waals surface area contributed by atoms with E-state index in [2.05, 4.69) is 18.9 Å². The molecule has 0 aliphatic carbocycles. The first-order valence-corrected chi connectivity index (χ1v) is 5.45. The van der Waals surface area contributed by atoms with Gasteiger partial charge < -0.3 is 10.5 Å². The maximum Gasteiger partial charge on any atom is 0.236 e. The Morgan fingerprint density at radius 2 is 2.00 bits per heavy atom. The van der Waals surface area contributed by atoms with E-state index in [4.69, 9.17) is 10.5 Å². The van der Waals surface area contributed by atoms with E-state index in [1.807, 2.05) is 20.9 Å². The van der Waals surface area contributed by atoms with E-state index in [-0.39, 0.29) is 6.10 Å². The minimum absolute atomic E-state index is 0.146. The summed E-state index contributed by atoms with van der Waals surface area (Å²) in [5, 5.41) is 4.31. The van der Waals surface area contributed by atoms with Crippen molar-refractivity contribution in [1.82, 2.24) is 9.78 Å². The number of ether oxygens (including phenoxy) is 1. The van der Waals surface area contributed by atoms with Crippen molar-refractivity contribution in [2.24, 2.45) is 13.0 Å². The van der Waals surface area contributed by atoms with Crippen molar-refractivity contribution >= 4 is 5.69 Å². The van der Waals surface area contributed by atoms with Crippen molar-refractivity contribution in [2.75, 3.05) is 5.73 Å². The number of nitrogens with zero attached hydrogens (tertiary/aromatic N) is 2. The van der Waals surface area contributed by atoms with Gasteiger partial charge >= 0.3 is 0 Å². The molecule has 15 heavy (non-hydrogen) atoms. The average Bonchev–Trinajstić information content (AvgIpc) is 2.44. The van der Waals surface area contributed by atoms with Crippen LogP contribution in [0.3, 0.4) is 0 Å². The third-order valence-corrected chi connectivity index (χ3v) is 2.68. The van der Waals surface area contributed by atoms with Crippen LogP contribution in [-0.4, -0.2) is 15.9 Å². The van der Waals surface area contributed by atoms with Gasteiger partial charge in [0.1, 0.15) is 5.69 Å². The first-order chi connectivity index (χ1) is 6.97. The predicted octanol–water partition coefficient (Wildman–Crippen LogP) is 1.99. The van der Waals surface area contributed by atoms with Gasteiger partial charge in [0.25, 0.3) is 0 Å². The van der Waals surface area contributed by atoms with Gasteiger partial charge in [-0.15, -0.1) is 0 Å². The van der Waals surface area contributed by atoms with Crippen LogP contribution in [-0.2, 0) is 13.5 Å². The Morgan fingerprint density at radius 3 is 2.40 bits per heavy atom. The van der Waals surface area contributed by atoms with E-state index in [1.165, 1.54) is 0 Å². The second-order valence-electron chi connectivity index (χ2n) is 4.21. The number of rotatable bonds is 4. The van der Waals surface area contributed by atoms with Crippen LogP contribution in [0.4, 0.5) is 5.69 Å². The summed E-state index contributed by atoms with van der Waals surface area (Å²) in [5.74, 6) is 1.15. The molecule has 4 heteroatoms. The SMILES string of the molecule is CCc1nn(C)c(OC(C)C(C)C)c1N. The number of nitrogen functional groups attached to an aromatic ring is 1. The highest BCUT2D eigenvalue weighted by molar-refractivity contribution is 5.53. The van der Waals surface area contributed by atoms with Crippen molar-refractivity contribution in [2.45, 2.75) is 40.2 Å². The molecule has 0 aliphatic heterocycles. The number of anilines is 1. The minimum atomic E-state index is 0.146. The van der Waals surface area contributed by atoms with Gasteiger partial charge in [-0.3, -0.25) is 0 Å². The summed E-state index contributed by atoms with van der Waals surface area (Å²) in [4.78, 5) is 0. The molecule has 4 nitrogen and oxygen atoms in total. The second-order valence-corrected chi connectivity index (χ2v) is 4.21. The Bertz CT molecular complexity index is 331. The number of aromatic nitrogens is 2. The van der Waals surface area contributed by atoms with Gasteiger partial charge in [-0.1, -0.05) is 20.8 Å². The second kappa shape index (κ2) is 4.55. The van der Waals surface area contributed by atoms with Crippen molar-refractivity contribution in [3.8, 4) is 5.88 Å². The lowest BCUT2D eigenvalue weighted by atomic mass is 10.1. The Hall–Kier alpha value is -1.19. The summed E-state index contributed by atoms with van der Waals surface area (Å²) in [6.07, 6.45) is 0.978. The topological polar surface area (TPSA) is 53.1 Å². The lowest BCUT2D eigenvalue weighted by Gasteiger charge is -2.18. The fourth-order valence-electron chi connectivity index (χ4n) is 1.29. The third kappa shape index (κ3) is 2.43. The fraction of sp³-hybridized carbons (Fsp3) is 0.727. The van der Waals surface area contributed by atoms with E-state index in [0.717, 1.165) is 12.1 Å². The van der Waals surface area contributed by atoms with Crippen molar-refractivity contribution in [3.05, 3.63) is 5.69 Å². The van der Waals surface area contributed by atoms with E-state index < -0.39 is 0 Å². The minimum Gasteiger partial charge on any atom is -0.473 e. The molecule has 86 valence electrons. The molecule has 0 aliphatic rings. The lowest BCUT2D eigenvalue weighted by Crippen LogP contribution is -2.20. The highest BCUT2D eigenvalue weighted by Crippen LogP contribution is 2.26. The summed E-state index contributed by atoms with van der Waals surface area (Å²) < 4.78 is 7.51. The molecule has 1 aromatic rings. The molecule has 1 rings (SSSR count). The van der Waals surface area contributed by atoms with E-state index >= 15 is 0 Å². The molecule has 1 atom stereocenters. The monoisotopic (exact) mass is 211 g/mol. The van der Waals surface area contributed by atoms with Crippen LogP contribution in [0.15, 0.2) is 0 Å². The Morgan fingerprint density at radius 1 is 1.40 bits per heavy atom. The highest BCUT2D eigenvalue weighted by atomic mass is 16.5. The standard InChI is InChI=1S/C11H21N3O/c1-6-9-10(12)11(14(5)13-9)15-8(4)7(2)3/h7-8H,6,12H2,1-5H3. The molecule has 0 spiro atoms. The highest BCUT2D eigenvalue weighted by Gasteiger charge is 2.17. The van der Waals surface area contributed by atoms with Gasteiger partial charge in [-0.2, -0.15) is 5.10 Å². The molecule has 1 aromatic heterocycles. The van der Waals surface area contributed by atoms with Crippen LogP contribution in [0.1, 0.15) is 33.4 Å². The van der Waals surface area contributed by atoms with Crippen LogP contribution in [0.2, 0.25) is 0 Å². The van der Waals surface area contributed by atoms with Crippen molar-refractivity contribution < 1.29 is 4.74 Å². The van der Waals surface area contributed by atoms with Crippen LogP contribution in [0.5, 0.6) is 5.88 Å². The Labute approximate surface area is 91.4 Å². The smallest absolute Gasteiger partial charge is 0.236 e. The van der Waals surface area contributed by atoms with Gasteiger partial charge in [-0.25, -0.2) is 4.68 Å². The number of hydrogen-bond acceptors (Lipinski definition) is 3. The first-order valence-electron chi connectivity index (χ1n) is 5.45. The number of aryl methyl sites for hydroxylation is 2. The molecule has 1 heterocycles. The van der Waals surface area contributed by atoms with E-state index in [9.17, 15) is 0 Å². The van der Waals surface area contributed by atoms with Gasteiger partial charge in [-0.05, 0) is 19.3 Å². The van der Waals surface area contributed by atoms with Crippen molar-refractivity contribution in [3.63, 3.8) is 0 Å². The van der Waals surface area contributed by atoms with Gasteiger partial charge in [0.15, 0.2) is 0 Å². The van der Waals surface area contributed by atoms with Crippen LogP contribution < -0.4 is 10.5 Å². The molecular weight excluding hydrogens is 190 g/mol. The molecule has 1 unspecified atom stereocenters. The van der Waals surface area contributed by atoms with Gasteiger partial charge in [0.05, 0.1) is 11.8 Å². The molecule has 0 aromatic carbocycles. The lowest BCUT2D eigenvalue weighted by molar-refractivity contribution is 0.157. The maximum atomic E-state index is 5.95. The van der Waals surface area contributed by atoms with E-state index in [0.29, 0.717) is 17.5 Å². The van der Waals surface area contributed by atoms with Crippen LogP contribution in [0, 0.1) is 5.92 Å². The number of hydrogen-bond donors (Lipinski definition) is 1. The Kier molecular flexibility index (Phi) is 3.61. The largest absolute Gasteiger partial charge is 0.473 e. The van der Waals surface area contributed by atoms with Gasteiger partial charge in [0.2, 0.25) is 5.88 Å². The third-order valence-electron chi connectivity index (χ3n) is 2.68. The Balaban J connectivity index is 2.89. The van der Waals surface area contributed by atoms with Gasteiger partial charge in [0, 0.05) is 7.05 Å². The molecule has 0 saturated heterocycles. The summed E-state index contributed by atoms with van der Waals surface area (Å²) >= 11 is 0. The zero-order valence-electron chi connectivity index (χ0n) is 10.2. The fourth-order valence-corrected chi connectivity index (χ4v) is 1.29. The molecule has 0 fully saturated rings.